The predicted molar refractivity (Wildman–Crippen MR) is 49.2 cm³/mol. The summed E-state index contributed by atoms with van der Waals surface area (Å²) in [6.45, 7) is 2.70. The van der Waals surface area contributed by atoms with Gasteiger partial charge in [-0.05, 0) is 13.8 Å². The van der Waals surface area contributed by atoms with Gasteiger partial charge in [-0.1, -0.05) is 0 Å². The third kappa shape index (κ3) is 1.58. The Morgan fingerprint density at radius 1 is 0.929 bits per heavy atom. The van der Waals surface area contributed by atoms with Crippen molar-refractivity contribution in [1.29, 1.82) is 0 Å². The number of hydrogen-bond donors (Lipinski definition) is 2. The number of ether oxygens (including phenoxy) is 2. The maximum Gasteiger partial charge on any atom is 0.252 e. The Bertz CT molecular complexity index is 230. The molecule has 6 nitrogen and oxygen atoms in total. The van der Waals surface area contributed by atoms with E-state index in [4.69, 9.17) is 20.9 Å². The summed E-state index contributed by atoms with van der Waals surface area (Å²) in [4.78, 5) is 22.3. The zero-order valence-corrected chi connectivity index (χ0v) is 8.79. The lowest BCUT2D eigenvalue weighted by molar-refractivity contribution is -0.187. The molecule has 0 radical (unpaired) electrons. The molecule has 0 aromatic carbocycles. The van der Waals surface area contributed by atoms with Gasteiger partial charge in [-0.2, -0.15) is 0 Å². The van der Waals surface area contributed by atoms with Gasteiger partial charge in [0.25, 0.3) is 11.8 Å². The molecule has 82 valence electrons. The first-order valence-electron chi connectivity index (χ1n) is 3.96. The molecule has 0 spiro atoms. The zero-order valence-electron chi connectivity index (χ0n) is 8.79. The molecule has 0 saturated heterocycles. The lowest BCUT2D eigenvalue weighted by Crippen LogP contribution is -2.66. The van der Waals surface area contributed by atoms with Gasteiger partial charge < -0.3 is 20.9 Å². The van der Waals surface area contributed by atoms with Crippen molar-refractivity contribution in [3.05, 3.63) is 0 Å². The van der Waals surface area contributed by atoms with Crippen LogP contribution in [0.3, 0.4) is 0 Å². The maximum atomic E-state index is 11.2. The summed E-state index contributed by atoms with van der Waals surface area (Å²) in [6, 6.07) is 0. The van der Waals surface area contributed by atoms with Gasteiger partial charge in [0, 0.05) is 14.2 Å². The standard InChI is InChI=1S/C8H16N2O4/c1-7(13-3,5(9)11)8(2,14-4)6(10)12/h1-4H3,(H2,9,11)(H2,10,12). The third-order valence-corrected chi connectivity index (χ3v) is 2.67. The minimum absolute atomic E-state index is 0.817. The highest BCUT2D eigenvalue weighted by Crippen LogP contribution is 2.28. The fourth-order valence-corrected chi connectivity index (χ4v) is 1.06. The van der Waals surface area contributed by atoms with Crippen LogP contribution in [0.2, 0.25) is 0 Å². The van der Waals surface area contributed by atoms with E-state index in [1.165, 1.54) is 28.1 Å². The van der Waals surface area contributed by atoms with E-state index in [0.29, 0.717) is 0 Å². The molecule has 0 aromatic heterocycles. The Balaban J connectivity index is 5.37. The number of amides is 2. The SMILES string of the molecule is COC(C)(C(N)=O)C(C)(OC)C(N)=O. The number of carbonyl (C=O) groups excluding carboxylic acids is 2. The number of methoxy groups -OCH3 is 2. The van der Waals surface area contributed by atoms with E-state index < -0.39 is 23.0 Å². The van der Waals surface area contributed by atoms with E-state index in [1.54, 1.807) is 0 Å². The lowest BCUT2D eigenvalue weighted by Gasteiger charge is -2.39. The smallest absolute Gasteiger partial charge is 0.252 e. The fourth-order valence-electron chi connectivity index (χ4n) is 1.06. The van der Waals surface area contributed by atoms with Crippen molar-refractivity contribution in [3.8, 4) is 0 Å². The molecule has 0 fully saturated rings. The molecule has 6 heteroatoms. The van der Waals surface area contributed by atoms with Crippen LogP contribution in [0, 0.1) is 0 Å². The first kappa shape index (κ1) is 12.9. The van der Waals surface area contributed by atoms with E-state index in [-0.39, 0.29) is 0 Å². The van der Waals surface area contributed by atoms with Gasteiger partial charge in [-0.25, -0.2) is 0 Å². The number of hydrogen-bond acceptors (Lipinski definition) is 4. The van der Waals surface area contributed by atoms with Gasteiger partial charge in [0.1, 0.15) is 0 Å². The highest BCUT2D eigenvalue weighted by Gasteiger charge is 2.54. The predicted octanol–water partition coefficient (Wildman–Crippen LogP) is -1.23. The molecule has 0 saturated carbocycles. The molecule has 4 N–H and O–H groups in total. The number of carbonyl (C=O) groups is 2. The monoisotopic (exact) mass is 204 g/mol. The largest absolute Gasteiger partial charge is 0.367 e. The minimum Gasteiger partial charge on any atom is -0.367 e. The number of rotatable bonds is 5. The summed E-state index contributed by atoms with van der Waals surface area (Å²) in [5.74, 6) is -1.63. The molecule has 0 aliphatic carbocycles. The van der Waals surface area contributed by atoms with Crippen LogP contribution in [-0.2, 0) is 19.1 Å². The highest BCUT2D eigenvalue weighted by atomic mass is 16.6. The summed E-state index contributed by atoms with van der Waals surface area (Å²) in [5.41, 5.74) is 7.08. The third-order valence-electron chi connectivity index (χ3n) is 2.67. The molecule has 14 heavy (non-hydrogen) atoms. The van der Waals surface area contributed by atoms with Crippen molar-refractivity contribution in [2.75, 3.05) is 14.2 Å². The Morgan fingerprint density at radius 2 is 1.14 bits per heavy atom. The Hall–Kier alpha value is -1.14. The second-order valence-electron chi connectivity index (χ2n) is 3.20. The van der Waals surface area contributed by atoms with E-state index in [0.717, 1.165) is 0 Å². The molecule has 0 bridgehead atoms. The molecular weight excluding hydrogens is 188 g/mol. The maximum absolute atomic E-state index is 11.2. The van der Waals surface area contributed by atoms with Crippen molar-refractivity contribution in [1.82, 2.24) is 0 Å². The van der Waals surface area contributed by atoms with Crippen LogP contribution in [-0.4, -0.2) is 37.2 Å². The number of nitrogens with two attached hydrogens (primary N) is 2. The van der Waals surface area contributed by atoms with Gasteiger partial charge in [0.15, 0.2) is 11.2 Å². The summed E-state index contributed by atoms with van der Waals surface area (Å²) < 4.78 is 9.83. The molecule has 0 aliphatic rings. The Labute approximate surface area is 82.5 Å². The zero-order chi connectivity index (χ0) is 11.6. The van der Waals surface area contributed by atoms with Crippen LogP contribution in [0.1, 0.15) is 13.8 Å². The summed E-state index contributed by atoms with van der Waals surface area (Å²) in [6.07, 6.45) is 0. The highest BCUT2D eigenvalue weighted by molar-refractivity contribution is 5.95. The molecule has 2 amide bonds. The first-order chi connectivity index (χ1) is 6.26. The van der Waals surface area contributed by atoms with E-state index in [9.17, 15) is 9.59 Å². The van der Waals surface area contributed by atoms with Crippen molar-refractivity contribution >= 4 is 11.8 Å². The van der Waals surface area contributed by atoms with Crippen molar-refractivity contribution in [3.63, 3.8) is 0 Å². The Kier molecular flexibility index (Phi) is 3.61. The molecule has 0 aromatic rings. The normalized spacial score (nSPS) is 19.4. The van der Waals surface area contributed by atoms with Crippen LogP contribution >= 0.6 is 0 Å². The molecular formula is C8H16N2O4. The average molecular weight is 204 g/mol. The van der Waals surface area contributed by atoms with Crippen LogP contribution in [0.5, 0.6) is 0 Å². The quantitative estimate of drug-likeness (QED) is 0.584. The van der Waals surface area contributed by atoms with Crippen molar-refractivity contribution in [2.24, 2.45) is 11.5 Å². The van der Waals surface area contributed by atoms with E-state index >= 15 is 0 Å². The summed E-state index contributed by atoms with van der Waals surface area (Å²) in [5, 5.41) is 0. The topological polar surface area (TPSA) is 105 Å². The van der Waals surface area contributed by atoms with Crippen LogP contribution < -0.4 is 11.5 Å². The van der Waals surface area contributed by atoms with Gasteiger partial charge >= 0.3 is 0 Å². The van der Waals surface area contributed by atoms with Crippen molar-refractivity contribution < 1.29 is 19.1 Å². The fraction of sp³-hybridized carbons (Fsp3) is 0.750. The lowest BCUT2D eigenvalue weighted by atomic mass is 9.84. The van der Waals surface area contributed by atoms with Gasteiger partial charge in [-0.3, -0.25) is 9.59 Å². The molecule has 2 atom stereocenters. The van der Waals surface area contributed by atoms with Gasteiger partial charge in [0.2, 0.25) is 0 Å². The second-order valence-corrected chi connectivity index (χ2v) is 3.20. The average Bonchev–Trinajstić information content (AvgIpc) is 2.14. The van der Waals surface area contributed by atoms with E-state index in [2.05, 4.69) is 0 Å². The Morgan fingerprint density at radius 3 is 1.21 bits per heavy atom. The summed E-state index contributed by atoms with van der Waals surface area (Å²) >= 11 is 0. The van der Waals surface area contributed by atoms with E-state index in [1.807, 2.05) is 0 Å². The van der Waals surface area contributed by atoms with Crippen LogP contribution in [0.25, 0.3) is 0 Å². The molecule has 0 rings (SSSR count). The van der Waals surface area contributed by atoms with Crippen molar-refractivity contribution in [2.45, 2.75) is 25.0 Å². The number of primary amides is 2. The minimum atomic E-state index is -1.59. The first-order valence-corrected chi connectivity index (χ1v) is 3.96. The van der Waals surface area contributed by atoms with Crippen LogP contribution in [0.15, 0.2) is 0 Å². The van der Waals surface area contributed by atoms with Gasteiger partial charge in [0.05, 0.1) is 0 Å². The van der Waals surface area contributed by atoms with Gasteiger partial charge in [-0.15, -0.1) is 0 Å². The van der Waals surface area contributed by atoms with Crippen LogP contribution in [0.4, 0.5) is 0 Å². The summed E-state index contributed by atoms with van der Waals surface area (Å²) in [7, 11) is 2.51. The molecule has 2 unspecified atom stereocenters. The molecule has 0 aliphatic heterocycles. The second kappa shape index (κ2) is 3.93. The molecule has 0 heterocycles.